The van der Waals surface area contributed by atoms with Crippen LogP contribution in [0.15, 0.2) is 12.1 Å². The molecule has 26 heavy (non-hydrogen) atoms. The minimum atomic E-state index is -0.370. The molecule has 0 radical (unpaired) electrons. The van der Waals surface area contributed by atoms with E-state index >= 15 is 0 Å². The average Bonchev–Trinajstić information content (AvgIpc) is 3.02. The molecule has 1 aromatic carbocycles. The van der Waals surface area contributed by atoms with Crippen molar-refractivity contribution in [2.24, 2.45) is 0 Å². The molecule has 2 rings (SSSR count). The van der Waals surface area contributed by atoms with E-state index in [4.69, 9.17) is 14.2 Å². The number of unbranched alkanes of at least 4 members (excludes halogenated alkanes) is 1. The van der Waals surface area contributed by atoms with Gasteiger partial charge in [0.1, 0.15) is 23.2 Å². The molecule has 0 spiro atoms. The van der Waals surface area contributed by atoms with Gasteiger partial charge in [0, 0.05) is 12.5 Å². The Morgan fingerprint density at radius 1 is 1.27 bits per heavy atom. The van der Waals surface area contributed by atoms with Crippen molar-refractivity contribution in [2.45, 2.75) is 65.0 Å². The van der Waals surface area contributed by atoms with E-state index in [1.54, 1.807) is 7.11 Å². The Hall–Kier alpha value is -2.24. The zero-order chi connectivity index (χ0) is 19.1. The van der Waals surface area contributed by atoms with Gasteiger partial charge in [-0.1, -0.05) is 19.4 Å². The number of aryl methyl sites for hydroxylation is 1. The maximum atomic E-state index is 12.1. The number of Topliss-reactive ketones (excluding diaryl/α,β-unsaturated/α-hetero) is 1. The molecule has 1 saturated carbocycles. The highest BCUT2D eigenvalue weighted by Gasteiger charge is 2.29. The van der Waals surface area contributed by atoms with Crippen molar-refractivity contribution in [3.05, 3.63) is 23.3 Å². The van der Waals surface area contributed by atoms with Crippen LogP contribution in [0.3, 0.4) is 0 Å². The number of amides is 1. The molecule has 0 saturated heterocycles. The monoisotopic (exact) mass is 363 g/mol. The zero-order valence-corrected chi connectivity index (χ0v) is 16.1. The van der Waals surface area contributed by atoms with Gasteiger partial charge in [0.25, 0.3) is 0 Å². The number of methoxy groups -OCH3 is 1. The van der Waals surface area contributed by atoms with Crippen LogP contribution in [0.4, 0.5) is 4.79 Å². The largest absolute Gasteiger partial charge is 0.496 e. The molecular formula is C20H29NO5. The summed E-state index contributed by atoms with van der Waals surface area (Å²) < 4.78 is 16.6. The second kappa shape index (κ2) is 9.46. The fourth-order valence-electron chi connectivity index (χ4n) is 3.24. The van der Waals surface area contributed by atoms with Gasteiger partial charge in [-0.05, 0) is 44.7 Å². The lowest BCUT2D eigenvalue weighted by atomic mass is 10.0. The Morgan fingerprint density at radius 3 is 2.69 bits per heavy atom. The number of ketones is 1. The van der Waals surface area contributed by atoms with Crippen molar-refractivity contribution >= 4 is 11.9 Å². The molecule has 144 valence electrons. The number of carbonyl (C=O) groups is 2. The van der Waals surface area contributed by atoms with E-state index in [1.807, 2.05) is 19.1 Å². The normalized spacial score (nSPS) is 19.1. The predicted molar refractivity (Wildman–Crippen MR) is 99.2 cm³/mol. The predicted octanol–water partition coefficient (Wildman–Crippen LogP) is 4.03. The van der Waals surface area contributed by atoms with E-state index in [2.05, 4.69) is 12.2 Å². The van der Waals surface area contributed by atoms with Crippen molar-refractivity contribution in [3.8, 4) is 11.5 Å². The average molecular weight is 363 g/mol. The summed E-state index contributed by atoms with van der Waals surface area (Å²) in [6.45, 7) is 5.90. The fraction of sp³-hybridized carbons (Fsp3) is 0.600. The SMILES string of the molecule is CCCCOC(=O)N[C@H]1CC[C@@H](Oc2ccc(C)c(OC)c2C(C)=O)C1. The van der Waals surface area contributed by atoms with Gasteiger partial charge in [-0.2, -0.15) is 0 Å². The number of hydrogen-bond acceptors (Lipinski definition) is 5. The zero-order valence-electron chi connectivity index (χ0n) is 16.1. The lowest BCUT2D eigenvalue weighted by Gasteiger charge is -2.19. The van der Waals surface area contributed by atoms with Crippen LogP contribution < -0.4 is 14.8 Å². The van der Waals surface area contributed by atoms with Crippen molar-refractivity contribution in [2.75, 3.05) is 13.7 Å². The van der Waals surface area contributed by atoms with E-state index in [9.17, 15) is 9.59 Å². The third kappa shape index (κ3) is 5.13. The lowest BCUT2D eigenvalue weighted by molar-refractivity contribution is 0.100. The maximum Gasteiger partial charge on any atom is 0.407 e. The lowest BCUT2D eigenvalue weighted by Crippen LogP contribution is -2.34. The topological polar surface area (TPSA) is 73.9 Å². The molecule has 0 aliphatic heterocycles. The summed E-state index contributed by atoms with van der Waals surface area (Å²) in [5.41, 5.74) is 1.37. The quantitative estimate of drug-likeness (QED) is 0.557. The molecule has 1 amide bonds. The first-order valence-electron chi connectivity index (χ1n) is 9.24. The second-order valence-corrected chi connectivity index (χ2v) is 6.73. The van der Waals surface area contributed by atoms with E-state index in [0.717, 1.165) is 31.2 Å². The van der Waals surface area contributed by atoms with Gasteiger partial charge in [-0.25, -0.2) is 4.79 Å². The van der Waals surface area contributed by atoms with Gasteiger partial charge >= 0.3 is 6.09 Å². The molecule has 6 heteroatoms. The van der Waals surface area contributed by atoms with Crippen LogP contribution in [-0.4, -0.2) is 37.7 Å². The number of ether oxygens (including phenoxy) is 3. The summed E-state index contributed by atoms with van der Waals surface area (Å²) in [6, 6.07) is 3.73. The standard InChI is InChI=1S/C20H29NO5/c1-5-6-11-25-20(23)21-15-8-9-16(12-15)26-17-10-7-13(2)19(24-4)18(17)14(3)22/h7,10,15-16H,5-6,8-9,11-12H2,1-4H3,(H,21,23)/t15-,16+/m0/s1. The van der Waals surface area contributed by atoms with E-state index < -0.39 is 0 Å². The molecule has 0 aromatic heterocycles. The molecule has 6 nitrogen and oxygen atoms in total. The van der Waals surface area contributed by atoms with Crippen molar-refractivity contribution in [3.63, 3.8) is 0 Å². The minimum absolute atomic E-state index is 0.0299. The first-order valence-corrected chi connectivity index (χ1v) is 9.24. The van der Waals surface area contributed by atoms with Gasteiger partial charge in [-0.3, -0.25) is 4.79 Å². The van der Waals surface area contributed by atoms with Crippen molar-refractivity contribution in [1.82, 2.24) is 5.32 Å². The highest BCUT2D eigenvalue weighted by Crippen LogP contribution is 2.35. The summed E-state index contributed by atoms with van der Waals surface area (Å²) in [6.07, 6.45) is 3.76. The van der Waals surface area contributed by atoms with Crippen LogP contribution >= 0.6 is 0 Å². The van der Waals surface area contributed by atoms with Crippen molar-refractivity contribution < 1.29 is 23.8 Å². The Bertz CT molecular complexity index is 643. The third-order valence-corrected chi connectivity index (χ3v) is 4.60. The van der Waals surface area contributed by atoms with Crippen LogP contribution in [0.2, 0.25) is 0 Å². The summed E-state index contributed by atoms with van der Waals surface area (Å²) in [5.74, 6) is 1.01. The molecule has 1 aromatic rings. The van der Waals surface area contributed by atoms with Gasteiger partial charge < -0.3 is 19.5 Å². The Balaban J connectivity index is 1.96. The first kappa shape index (κ1) is 20.1. The fourth-order valence-corrected chi connectivity index (χ4v) is 3.24. The first-order chi connectivity index (χ1) is 12.5. The Morgan fingerprint density at radius 2 is 2.04 bits per heavy atom. The van der Waals surface area contributed by atoms with Gasteiger partial charge in [0.2, 0.25) is 0 Å². The van der Waals surface area contributed by atoms with Crippen LogP contribution in [0.25, 0.3) is 0 Å². The molecule has 1 N–H and O–H groups in total. The van der Waals surface area contributed by atoms with Crippen LogP contribution in [-0.2, 0) is 4.74 Å². The number of carbonyl (C=O) groups excluding carboxylic acids is 2. The number of nitrogens with one attached hydrogen (secondary N) is 1. The molecule has 0 heterocycles. The van der Waals surface area contributed by atoms with Crippen LogP contribution in [0.5, 0.6) is 11.5 Å². The smallest absolute Gasteiger partial charge is 0.407 e. The summed E-state index contributed by atoms with van der Waals surface area (Å²) in [7, 11) is 1.55. The molecular weight excluding hydrogens is 334 g/mol. The number of hydrogen-bond donors (Lipinski definition) is 1. The molecule has 1 aliphatic rings. The van der Waals surface area contributed by atoms with Gasteiger partial charge in [0.15, 0.2) is 5.78 Å². The molecule has 0 bridgehead atoms. The maximum absolute atomic E-state index is 12.1. The van der Waals surface area contributed by atoms with Gasteiger partial charge in [0.05, 0.1) is 13.7 Å². The van der Waals surface area contributed by atoms with E-state index in [0.29, 0.717) is 30.1 Å². The van der Waals surface area contributed by atoms with Crippen LogP contribution in [0.1, 0.15) is 61.9 Å². The molecule has 2 atom stereocenters. The Kier molecular flexibility index (Phi) is 7.30. The highest BCUT2D eigenvalue weighted by atomic mass is 16.5. The molecule has 1 fully saturated rings. The summed E-state index contributed by atoms with van der Waals surface area (Å²) in [5, 5.41) is 2.89. The number of benzene rings is 1. The highest BCUT2D eigenvalue weighted by molar-refractivity contribution is 6.00. The summed E-state index contributed by atoms with van der Waals surface area (Å²) >= 11 is 0. The molecule has 1 aliphatic carbocycles. The summed E-state index contributed by atoms with van der Waals surface area (Å²) in [4.78, 5) is 23.8. The van der Waals surface area contributed by atoms with E-state index in [-0.39, 0.29) is 24.0 Å². The minimum Gasteiger partial charge on any atom is -0.496 e. The van der Waals surface area contributed by atoms with Gasteiger partial charge in [-0.15, -0.1) is 0 Å². The van der Waals surface area contributed by atoms with Crippen molar-refractivity contribution in [1.29, 1.82) is 0 Å². The van der Waals surface area contributed by atoms with Crippen LogP contribution in [0, 0.1) is 6.92 Å². The second-order valence-electron chi connectivity index (χ2n) is 6.73. The number of rotatable bonds is 8. The number of alkyl carbamates (subject to hydrolysis) is 1. The Labute approximate surface area is 155 Å². The third-order valence-electron chi connectivity index (χ3n) is 4.60. The van der Waals surface area contributed by atoms with E-state index in [1.165, 1.54) is 6.92 Å². The molecule has 0 unspecified atom stereocenters.